The van der Waals surface area contributed by atoms with Crippen LogP contribution in [0, 0.1) is 25.7 Å². The smallest absolute Gasteiger partial charge is 0.358 e. The third-order valence-electron chi connectivity index (χ3n) is 5.88. The zero-order valence-corrected chi connectivity index (χ0v) is 16.9. The second-order valence-corrected chi connectivity index (χ2v) is 7.91. The largest absolute Gasteiger partial charge is 0.486 e. The van der Waals surface area contributed by atoms with Crippen molar-refractivity contribution in [1.82, 2.24) is 15.0 Å². The highest BCUT2D eigenvalue weighted by Crippen LogP contribution is 2.39. The van der Waals surface area contributed by atoms with Gasteiger partial charge in [0.2, 0.25) is 0 Å². The second-order valence-electron chi connectivity index (χ2n) is 7.91. The molecule has 0 radical (unpaired) electrons. The van der Waals surface area contributed by atoms with Crippen molar-refractivity contribution in [2.45, 2.75) is 38.9 Å². The number of hydrogen-bond acceptors (Lipinski definition) is 8. The van der Waals surface area contributed by atoms with Crippen LogP contribution < -0.4 is 9.64 Å². The van der Waals surface area contributed by atoms with Gasteiger partial charge in [-0.1, -0.05) is 0 Å². The number of anilines is 1. The first-order valence-corrected chi connectivity index (χ1v) is 9.89. The Bertz CT molecular complexity index is 906. The summed E-state index contributed by atoms with van der Waals surface area (Å²) < 4.78 is 10.9. The summed E-state index contributed by atoms with van der Waals surface area (Å²) in [6.45, 7) is 5.44. The maximum Gasteiger partial charge on any atom is 0.358 e. The van der Waals surface area contributed by atoms with Gasteiger partial charge in [0.05, 0.1) is 31.3 Å². The molecule has 2 fully saturated rings. The number of carbonyl (C=O) groups excluding carboxylic acids is 1. The molecule has 2 aromatic rings. The summed E-state index contributed by atoms with van der Waals surface area (Å²) in [6, 6.07) is 3.84. The van der Waals surface area contributed by atoms with Crippen LogP contribution in [0.2, 0.25) is 0 Å². The van der Waals surface area contributed by atoms with E-state index in [1.54, 1.807) is 6.20 Å². The van der Waals surface area contributed by atoms with E-state index < -0.39 is 12.1 Å². The number of pyridine rings is 1. The van der Waals surface area contributed by atoms with Gasteiger partial charge in [-0.15, -0.1) is 0 Å². The van der Waals surface area contributed by atoms with Gasteiger partial charge in [-0.25, -0.2) is 9.78 Å². The number of aliphatic hydroxyl groups excluding tert-OH is 1. The molecule has 0 bridgehead atoms. The third kappa shape index (κ3) is 4.03. The molecular weight excluding hydrogens is 372 g/mol. The summed E-state index contributed by atoms with van der Waals surface area (Å²) in [5.74, 6) is 1.62. The van der Waals surface area contributed by atoms with Crippen LogP contribution in [0.4, 0.5) is 5.82 Å². The number of esters is 1. The number of aliphatic hydroxyl groups is 1. The molecule has 4 rings (SSSR count). The monoisotopic (exact) mass is 398 g/mol. The Morgan fingerprint density at radius 2 is 1.90 bits per heavy atom. The Balaban J connectivity index is 1.45. The van der Waals surface area contributed by atoms with Crippen LogP contribution in [0.3, 0.4) is 0 Å². The van der Waals surface area contributed by atoms with Gasteiger partial charge in [0.25, 0.3) is 0 Å². The van der Waals surface area contributed by atoms with Crippen LogP contribution in [-0.2, 0) is 4.74 Å². The number of aryl methyl sites for hydroxylation is 2. The van der Waals surface area contributed by atoms with Gasteiger partial charge >= 0.3 is 5.97 Å². The number of aromatic nitrogens is 3. The molecule has 29 heavy (non-hydrogen) atoms. The zero-order valence-electron chi connectivity index (χ0n) is 16.9. The molecule has 0 spiro atoms. The molecule has 0 amide bonds. The van der Waals surface area contributed by atoms with Gasteiger partial charge in [0.1, 0.15) is 17.7 Å². The lowest BCUT2D eigenvalue weighted by molar-refractivity contribution is -0.0236. The normalized spacial score (nSPS) is 26.1. The summed E-state index contributed by atoms with van der Waals surface area (Å²) in [5.41, 5.74) is 1.98. The van der Waals surface area contributed by atoms with E-state index in [1.165, 1.54) is 13.3 Å². The van der Waals surface area contributed by atoms with E-state index in [-0.39, 0.29) is 11.8 Å². The van der Waals surface area contributed by atoms with Crippen LogP contribution in [0.1, 0.15) is 34.7 Å². The fourth-order valence-corrected chi connectivity index (χ4v) is 4.38. The number of methoxy groups -OCH3 is 1. The predicted octanol–water partition coefficient (Wildman–Crippen LogP) is 1.93. The Labute approximate surface area is 169 Å². The fraction of sp³-hybridized carbons (Fsp3) is 0.524. The van der Waals surface area contributed by atoms with E-state index >= 15 is 0 Å². The van der Waals surface area contributed by atoms with Gasteiger partial charge in [-0.05, 0) is 50.7 Å². The lowest BCUT2D eigenvalue weighted by Gasteiger charge is -2.35. The highest BCUT2D eigenvalue weighted by atomic mass is 16.5. The van der Waals surface area contributed by atoms with Gasteiger partial charge in [-0.2, -0.15) is 0 Å². The number of ether oxygens (including phenoxy) is 2. The Morgan fingerprint density at radius 1 is 1.14 bits per heavy atom. The average molecular weight is 398 g/mol. The highest BCUT2D eigenvalue weighted by Gasteiger charge is 2.43. The van der Waals surface area contributed by atoms with Gasteiger partial charge < -0.3 is 19.5 Å². The van der Waals surface area contributed by atoms with Crippen molar-refractivity contribution in [2.75, 3.05) is 25.1 Å². The van der Waals surface area contributed by atoms with Crippen LogP contribution >= 0.6 is 0 Å². The highest BCUT2D eigenvalue weighted by molar-refractivity contribution is 5.87. The molecule has 2 aliphatic rings. The maximum absolute atomic E-state index is 11.7. The first-order chi connectivity index (χ1) is 13.9. The number of nitrogens with zero attached hydrogens (tertiary/aromatic N) is 4. The molecule has 0 unspecified atom stereocenters. The lowest BCUT2D eigenvalue weighted by atomic mass is 9.78. The molecule has 0 aromatic carbocycles. The topological polar surface area (TPSA) is 97.7 Å². The van der Waals surface area contributed by atoms with E-state index in [2.05, 4.69) is 19.9 Å². The molecule has 1 saturated carbocycles. The molecule has 1 N–H and O–H groups in total. The molecule has 1 saturated heterocycles. The van der Waals surface area contributed by atoms with E-state index in [0.717, 1.165) is 36.6 Å². The van der Waals surface area contributed by atoms with Crippen molar-refractivity contribution in [1.29, 1.82) is 0 Å². The van der Waals surface area contributed by atoms with E-state index in [0.29, 0.717) is 24.1 Å². The van der Waals surface area contributed by atoms with Crippen LogP contribution in [0.15, 0.2) is 24.5 Å². The van der Waals surface area contributed by atoms with Crippen molar-refractivity contribution >= 4 is 11.8 Å². The molecule has 8 heteroatoms. The minimum Gasteiger partial charge on any atom is -0.486 e. The number of hydrogen-bond donors (Lipinski definition) is 1. The van der Waals surface area contributed by atoms with Crippen LogP contribution in [0.25, 0.3) is 0 Å². The molecule has 4 atom stereocenters. The molecular formula is C21H26N4O4. The van der Waals surface area contributed by atoms with Gasteiger partial charge in [-0.3, -0.25) is 9.97 Å². The van der Waals surface area contributed by atoms with Crippen molar-refractivity contribution in [3.05, 3.63) is 41.6 Å². The zero-order chi connectivity index (χ0) is 20.5. The molecule has 154 valence electrons. The Hall–Kier alpha value is -2.74. The average Bonchev–Trinajstić information content (AvgIpc) is 3.12. The van der Waals surface area contributed by atoms with Crippen molar-refractivity contribution in [3.63, 3.8) is 0 Å². The summed E-state index contributed by atoms with van der Waals surface area (Å²) >= 11 is 0. The van der Waals surface area contributed by atoms with E-state index in [9.17, 15) is 9.90 Å². The van der Waals surface area contributed by atoms with Crippen LogP contribution in [-0.4, -0.2) is 58.4 Å². The minimum absolute atomic E-state index is 0.198. The summed E-state index contributed by atoms with van der Waals surface area (Å²) in [6.07, 6.45) is 3.73. The number of fused-ring (bicyclic) bond motifs is 1. The van der Waals surface area contributed by atoms with E-state index in [4.69, 9.17) is 9.47 Å². The standard InChI is InChI=1S/C21H26N4O4/c1-12-4-5-18(13(2)23-12)29-19-7-15-11-25(10-14(15)6-17(19)26)20-9-22-8-16(24-20)21(27)28-3/h4-5,8-9,14-15,17,19,26H,6-7,10-11H2,1-3H3/t14-,15+,17+,19+/m0/s1. The predicted molar refractivity (Wildman–Crippen MR) is 106 cm³/mol. The Morgan fingerprint density at radius 3 is 2.62 bits per heavy atom. The van der Waals surface area contributed by atoms with Crippen molar-refractivity contribution in [3.8, 4) is 5.75 Å². The fourth-order valence-electron chi connectivity index (χ4n) is 4.38. The van der Waals surface area contributed by atoms with E-state index in [1.807, 2.05) is 26.0 Å². The van der Waals surface area contributed by atoms with Gasteiger partial charge in [0.15, 0.2) is 5.69 Å². The Kier molecular flexibility index (Phi) is 5.36. The van der Waals surface area contributed by atoms with Crippen molar-refractivity contribution < 1.29 is 19.4 Å². The molecule has 3 heterocycles. The number of carbonyl (C=O) groups is 1. The SMILES string of the molecule is COC(=O)c1cncc(N2C[C@H]3C[C@@H](Oc4ccc(C)nc4C)[C@H](O)C[C@H]3C2)n1. The van der Waals surface area contributed by atoms with Crippen LogP contribution in [0.5, 0.6) is 5.75 Å². The molecule has 1 aliphatic carbocycles. The first-order valence-electron chi connectivity index (χ1n) is 9.89. The summed E-state index contributed by atoms with van der Waals surface area (Å²) in [7, 11) is 1.33. The lowest BCUT2D eigenvalue weighted by Crippen LogP contribution is -2.42. The summed E-state index contributed by atoms with van der Waals surface area (Å²) in [5, 5.41) is 10.7. The number of rotatable bonds is 4. The second kappa shape index (κ2) is 7.94. The maximum atomic E-state index is 11.7. The minimum atomic E-state index is -0.524. The summed E-state index contributed by atoms with van der Waals surface area (Å²) in [4.78, 5) is 26.8. The van der Waals surface area contributed by atoms with Gasteiger partial charge in [0, 0.05) is 18.8 Å². The van der Waals surface area contributed by atoms with Crippen molar-refractivity contribution in [2.24, 2.45) is 11.8 Å². The first kappa shape index (κ1) is 19.6. The third-order valence-corrected chi connectivity index (χ3v) is 5.88. The molecule has 1 aliphatic heterocycles. The quantitative estimate of drug-likeness (QED) is 0.781. The molecule has 8 nitrogen and oxygen atoms in total. The molecule has 2 aromatic heterocycles.